The lowest BCUT2D eigenvalue weighted by molar-refractivity contribution is 0.456. The molecule has 0 radical (unpaired) electrons. The summed E-state index contributed by atoms with van der Waals surface area (Å²) in [5, 5.41) is 12.4. The molecule has 0 saturated heterocycles. The molecule has 8 nitrogen and oxygen atoms in total. The highest BCUT2D eigenvalue weighted by atomic mass is 16.5. The Balaban J connectivity index is 1.55. The molecular formula is C17H13N7O. The van der Waals surface area contributed by atoms with Gasteiger partial charge < -0.3 is 4.74 Å². The molecule has 0 unspecified atom stereocenters. The monoisotopic (exact) mass is 331 g/mol. The summed E-state index contributed by atoms with van der Waals surface area (Å²) in [6.07, 6.45) is 5.02. The van der Waals surface area contributed by atoms with Crippen molar-refractivity contribution in [2.45, 2.75) is 6.92 Å². The van der Waals surface area contributed by atoms with Crippen LogP contribution >= 0.6 is 0 Å². The van der Waals surface area contributed by atoms with Gasteiger partial charge in [-0.05, 0) is 42.5 Å². The summed E-state index contributed by atoms with van der Waals surface area (Å²) >= 11 is 0. The fourth-order valence-electron chi connectivity index (χ4n) is 2.16. The molecule has 8 heteroatoms. The Labute approximate surface area is 143 Å². The van der Waals surface area contributed by atoms with Crippen molar-refractivity contribution in [3.8, 4) is 28.8 Å². The van der Waals surface area contributed by atoms with Gasteiger partial charge in [-0.3, -0.25) is 9.97 Å². The van der Waals surface area contributed by atoms with E-state index >= 15 is 0 Å². The maximum atomic E-state index is 5.73. The van der Waals surface area contributed by atoms with Gasteiger partial charge >= 0.3 is 0 Å². The van der Waals surface area contributed by atoms with E-state index in [1.165, 1.54) is 4.80 Å². The molecule has 0 atom stereocenters. The summed E-state index contributed by atoms with van der Waals surface area (Å²) in [4.78, 5) is 14.1. The lowest BCUT2D eigenvalue weighted by Crippen LogP contribution is -2.00. The first-order valence-corrected chi connectivity index (χ1v) is 7.57. The second-order valence-corrected chi connectivity index (χ2v) is 5.16. The zero-order valence-electron chi connectivity index (χ0n) is 13.3. The van der Waals surface area contributed by atoms with Gasteiger partial charge in [-0.25, -0.2) is 4.98 Å². The first-order valence-electron chi connectivity index (χ1n) is 7.57. The van der Waals surface area contributed by atoms with Crippen LogP contribution in [0, 0.1) is 6.92 Å². The van der Waals surface area contributed by atoms with Crippen LogP contribution in [-0.4, -0.2) is 35.2 Å². The first kappa shape index (κ1) is 14.9. The van der Waals surface area contributed by atoms with E-state index in [1.54, 1.807) is 30.7 Å². The minimum absolute atomic E-state index is 0.451. The Kier molecular flexibility index (Phi) is 3.83. The summed E-state index contributed by atoms with van der Waals surface area (Å²) in [6.45, 7) is 1.88. The predicted octanol–water partition coefficient (Wildman–Crippen LogP) is 2.62. The molecule has 25 heavy (non-hydrogen) atoms. The summed E-state index contributed by atoms with van der Waals surface area (Å²) < 4.78 is 5.73. The molecule has 0 amide bonds. The number of hydrogen-bond donors (Lipinski definition) is 0. The third-order valence-corrected chi connectivity index (χ3v) is 3.43. The lowest BCUT2D eigenvalue weighted by Gasteiger charge is -2.06. The second kappa shape index (κ2) is 6.44. The van der Waals surface area contributed by atoms with E-state index in [2.05, 4.69) is 30.4 Å². The molecule has 0 N–H and O–H groups in total. The topological polar surface area (TPSA) is 91.5 Å². The van der Waals surface area contributed by atoms with Crippen LogP contribution in [0.5, 0.6) is 11.6 Å². The van der Waals surface area contributed by atoms with Crippen LogP contribution in [-0.2, 0) is 0 Å². The molecule has 0 spiro atoms. The van der Waals surface area contributed by atoms with Gasteiger partial charge in [0.05, 0.1) is 11.9 Å². The van der Waals surface area contributed by atoms with Crippen molar-refractivity contribution in [3.05, 3.63) is 66.7 Å². The maximum absolute atomic E-state index is 5.73. The van der Waals surface area contributed by atoms with E-state index in [0.717, 1.165) is 5.69 Å². The Morgan fingerprint density at radius 2 is 1.84 bits per heavy atom. The Morgan fingerprint density at radius 3 is 2.60 bits per heavy atom. The summed E-state index contributed by atoms with van der Waals surface area (Å²) in [5.74, 6) is 1.58. The van der Waals surface area contributed by atoms with E-state index in [0.29, 0.717) is 28.8 Å². The van der Waals surface area contributed by atoms with E-state index < -0.39 is 0 Å². The van der Waals surface area contributed by atoms with Crippen molar-refractivity contribution in [2.24, 2.45) is 0 Å². The summed E-state index contributed by atoms with van der Waals surface area (Å²) in [7, 11) is 0. The van der Waals surface area contributed by atoms with Gasteiger partial charge in [0.25, 0.3) is 0 Å². The van der Waals surface area contributed by atoms with Crippen molar-refractivity contribution >= 4 is 0 Å². The molecule has 0 aliphatic heterocycles. The summed E-state index contributed by atoms with van der Waals surface area (Å²) in [6, 6.07) is 12.7. The Bertz CT molecular complexity index is 983. The number of aromatic nitrogens is 7. The highest BCUT2D eigenvalue weighted by molar-refractivity contribution is 5.47. The maximum Gasteiger partial charge on any atom is 0.223 e. The molecule has 4 rings (SSSR count). The lowest BCUT2D eigenvalue weighted by atomic mass is 10.3. The van der Waals surface area contributed by atoms with E-state index in [4.69, 9.17) is 4.74 Å². The van der Waals surface area contributed by atoms with Crippen LogP contribution in [0.2, 0.25) is 0 Å². The van der Waals surface area contributed by atoms with Crippen molar-refractivity contribution in [3.63, 3.8) is 0 Å². The van der Waals surface area contributed by atoms with E-state index in [9.17, 15) is 0 Å². The molecular weight excluding hydrogens is 318 g/mol. The largest absolute Gasteiger partial charge is 0.437 e. The van der Waals surface area contributed by atoms with Crippen LogP contribution < -0.4 is 4.74 Å². The van der Waals surface area contributed by atoms with E-state index in [-0.39, 0.29) is 0 Å². The molecule has 0 saturated carbocycles. The van der Waals surface area contributed by atoms with Crippen molar-refractivity contribution < 1.29 is 4.74 Å². The fourth-order valence-corrected chi connectivity index (χ4v) is 2.16. The highest BCUT2D eigenvalue weighted by Crippen LogP contribution is 2.22. The molecule has 0 fully saturated rings. The van der Waals surface area contributed by atoms with Crippen molar-refractivity contribution in [2.75, 3.05) is 0 Å². The van der Waals surface area contributed by atoms with Gasteiger partial charge in [0, 0.05) is 18.5 Å². The minimum Gasteiger partial charge on any atom is -0.437 e. The summed E-state index contributed by atoms with van der Waals surface area (Å²) in [5.41, 5.74) is 2.13. The molecule has 4 aromatic rings. The SMILES string of the molecule is Cc1ncccc1Oc1ccc(-n2nnc(-c3ccccn3)n2)cn1. The normalized spacial score (nSPS) is 10.6. The highest BCUT2D eigenvalue weighted by Gasteiger charge is 2.09. The standard InChI is InChI=1S/C17H13N7O/c1-12-15(6-4-10-18-12)25-16-8-7-13(11-20-16)24-22-17(21-23-24)14-5-2-3-9-19-14/h2-11H,1H3. The van der Waals surface area contributed by atoms with Crippen molar-refractivity contribution in [1.82, 2.24) is 35.2 Å². The van der Waals surface area contributed by atoms with Gasteiger partial charge in [-0.15, -0.1) is 15.0 Å². The fraction of sp³-hybridized carbons (Fsp3) is 0.0588. The number of rotatable bonds is 4. The van der Waals surface area contributed by atoms with Gasteiger partial charge in [-0.1, -0.05) is 6.07 Å². The molecule has 0 bridgehead atoms. The van der Waals surface area contributed by atoms with Crippen LogP contribution in [0.4, 0.5) is 0 Å². The smallest absolute Gasteiger partial charge is 0.223 e. The number of hydrogen-bond acceptors (Lipinski definition) is 7. The van der Waals surface area contributed by atoms with Crippen LogP contribution in [0.3, 0.4) is 0 Å². The third kappa shape index (κ3) is 3.18. The third-order valence-electron chi connectivity index (χ3n) is 3.43. The molecule has 0 aliphatic carbocycles. The zero-order valence-corrected chi connectivity index (χ0v) is 13.3. The first-order chi connectivity index (χ1) is 12.3. The Hall–Kier alpha value is -3.68. The van der Waals surface area contributed by atoms with Crippen LogP contribution in [0.25, 0.3) is 17.2 Å². The average Bonchev–Trinajstić information content (AvgIpc) is 3.15. The molecule has 0 aromatic carbocycles. The van der Waals surface area contributed by atoms with Gasteiger partial charge in [0.15, 0.2) is 5.75 Å². The molecule has 4 aromatic heterocycles. The average molecular weight is 331 g/mol. The quantitative estimate of drug-likeness (QED) is 0.567. The van der Waals surface area contributed by atoms with Crippen LogP contribution in [0.1, 0.15) is 5.69 Å². The van der Waals surface area contributed by atoms with Crippen LogP contribution in [0.15, 0.2) is 61.1 Å². The van der Waals surface area contributed by atoms with Gasteiger partial charge in [0.1, 0.15) is 11.4 Å². The van der Waals surface area contributed by atoms with Gasteiger partial charge in [-0.2, -0.15) is 0 Å². The van der Waals surface area contributed by atoms with E-state index in [1.807, 2.05) is 37.3 Å². The number of aryl methyl sites for hydroxylation is 1. The molecule has 0 aliphatic rings. The van der Waals surface area contributed by atoms with Crippen molar-refractivity contribution in [1.29, 1.82) is 0 Å². The minimum atomic E-state index is 0.451. The number of ether oxygens (including phenoxy) is 1. The number of nitrogens with zero attached hydrogens (tertiary/aromatic N) is 7. The molecule has 4 heterocycles. The molecule has 122 valence electrons. The zero-order chi connectivity index (χ0) is 17.1. The van der Waals surface area contributed by atoms with Gasteiger partial charge in [0.2, 0.25) is 11.7 Å². The Morgan fingerprint density at radius 1 is 0.920 bits per heavy atom. The number of pyridine rings is 3. The predicted molar refractivity (Wildman–Crippen MR) is 89.2 cm³/mol. The number of tetrazole rings is 1. The second-order valence-electron chi connectivity index (χ2n) is 5.16.